The van der Waals surface area contributed by atoms with Crippen LogP contribution in [0.4, 0.5) is 0 Å². The summed E-state index contributed by atoms with van der Waals surface area (Å²) in [5.74, 6) is 0.815. The van der Waals surface area contributed by atoms with E-state index >= 15 is 0 Å². The zero-order chi connectivity index (χ0) is 9.10. The van der Waals surface area contributed by atoms with Gasteiger partial charge in [0.15, 0.2) is 0 Å². The zero-order valence-corrected chi connectivity index (χ0v) is 7.83. The van der Waals surface area contributed by atoms with E-state index < -0.39 is 0 Å². The Bertz CT molecular complexity index is 342. The van der Waals surface area contributed by atoms with E-state index in [0.29, 0.717) is 0 Å². The first-order valence-electron chi connectivity index (χ1n) is 4.03. The molecule has 0 aliphatic heterocycles. The van der Waals surface area contributed by atoms with Gasteiger partial charge in [0.2, 0.25) is 0 Å². The summed E-state index contributed by atoms with van der Waals surface area (Å²) in [5, 5.41) is 2.99. The topological polar surface area (TPSA) is 52.0 Å². The zero-order valence-electron chi connectivity index (χ0n) is 7.01. The third-order valence-electron chi connectivity index (χ3n) is 1.79. The number of furan rings is 1. The molecule has 4 heteroatoms. The van der Waals surface area contributed by atoms with Crippen LogP contribution in [0.25, 0.3) is 0 Å². The molecular weight excluding hydrogens is 184 g/mol. The highest BCUT2D eigenvalue weighted by molar-refractivity contribution is 7.09. The monoisotopic (exact) mass is 194 g/mol. The van der Waals surface area contributed by atoms with E-state index in [2.05, 4.69) is 4.98 Å². The molecule has 2 heterocycles. The van der Waals surface area contributed by atoms with Crippen molar-refractivity contribution in [2.75, 3.05) is 0 Å². The molecule has 0 aliphatic rings. The van der Waals surface area contributed by atoms with Crippen molar-refractivity contribution in [2.24, 2.45) is 5.73 Å². The molecule has 2 N–H and O–H groups in total. The first-order valence-corrected chi connectivity index (χ1v) is 4.91. The lowest BCUT2D eigenvalue weighted by Crippen LogP contribution is -2.12. The predicted octanol–water partition coefficient (Wildman–Crippen LogP) is 1.98. The van der Waals surface area contributed by atoms with Crippen molar-refractivity contribution in [2.45, 2.75) is 12.5 Å². The molecule has 0 fully saturated rings. The van der Waals surface area contributed by atoms with Gasteiger partial charge < -0.3 is 10.2 Å². The first-order chi connectivity index (χ1) is 6.36. The number of nitrogens with zero attached hydrogens (tertiary/aromatic N) is 1. The van der Waals surface area contributed by atoms with Gasteiger partial charge in [-0.1, -0.05) is 0 Å². The van der Waals surface area contributed by atoms with Crippen LogP contribution in [0.3, 0.4) is 0 Å². The van der Waals surface area contributed by atoms with Crippen molar-refractivity contribution < 1.29 is 4.42 Å². The minimum absolute atomic E-state index is 0.0823. The number of hydrogen-bond donors (Lipinski definition) is 1. The number of hydrogen-bond acceptors (Lipinski definition) is 4. The summed E-state index contributed by atoms with van der Waals surface area (Å²) in [7, 11) is 0. The molecule has 3 nitrogen and oxygen atoms in total. The maximum Gasteiger partial charge on any atom is 0.120 e. The molecule has 0 aromatic carbocycles. The number of rotatable bonds is 3. The molecule has 0 saturated heterocycles. The maximum absolute atomic E-state index is 5.90. The Balaban J connectivity index is 2.04. The van der Waals surface area contributed by atoms with Crippen LogP contribution in [-0.4, -0.2) is 4.98 Å². The SMILES string of the molecule is NC(Cc1nccs1)c1ccco1. The molecule has 0 spiro atoms. The summed E-state index contributed by atoms with van der Waals surface area (Å²) in [6.07, 6.45) is 4.16. The van der Waals surface area contributed by atoms with Gasteiger partial charge in [-0.3, -0.25) is 0 Å². The molecule has 0 saturated carbocycles. The summed E-state index contributed by atoms with van der Waals surface area (Å²) in [6, 6.07) is 3.65. The largest absolute Gasteiger partial charge is 0.468 e. The van der Waals surface area contributed by atoms with Crippen molar-refractivity contribution in [3.63, 3.8) is 0 Å². The summed E-state index contributed by atoms with van der Waals surface area (Å²) in [5.41, 5.74) is 5.90. The Morgan fingerprint density at radius 3 is 3.15 bits per heavy atom. The fraction of sp³-hybridized carbons (Fsp3) is 0.222. The van der Waals surface area contributed by atoms with Gasteiger partial charge in [-0.2, -0.15) is 0 Å². The molecule has 13 heavy (non-hydrogen) atoms. The van der Waals surface area contributed by atoms with E-state index in [0.717, 1.165) is 17.2 Å². The molecule has 0 bridgehead atoms. The lowest BCUT2D eigenvalue weighted by molar-refractivity contribution is 0.464. The molecule has 1 atom stereocenters. The smallest absolute Gasteiger partial charge is 0.120 e. The van der Waals surface area contributed by atoms with E-state index in [1.165, 1.54) is 0 Å². The minimum atomic E-state index is -0.0823. The van der Waals surface area contributed by atoms with Crippen LogP contribution in [0, 0.1) is 0 Å². The molecule has 0 amide bonds. The average molecular weight is 194 g/mol. The third kappa shape index (κ3) is 1.96. The van der Waals surface area contributed by atoms with Gasteiger partial charge in [-0.05, 0) is 12.1 Å². The Morgan fingerprint density at radius 2 is 2.54 bits per heavy atom. The van der Waals surface area contributed by atoms with Crippen molar-refractivity contribution in [1.29, 1.82) is 0 Å². The van der Waals surface area contributed by atoms with Crippen LogP contribution in [-0.2, 0) is 6.42 Å². The quantitative estimate of drug-likeness (QED) is 0.812. The maximum atomic E-state index is 5.90. The average Bonchev–Trinajstić information content (AvgIpc) is 2.74. The van der Waals surface area contributed by atoms with E-state index in [-0.39, 0.29) is 6.04 Å². The number of thiazole rings is 1. The van der Waals surface area contributed by atoms with Crippen LogP contribution in [0.2, 0.25) is 0 Å². The fourth-order valence-electron chi connectivity index (χ4n) is 1.14. The highest BCUT2D eigenvalue weighted by Gasteiger charge is 2.10. The summed E-state index contributed by atoms with van der Waals surface area (Å²) in [6.45, 7) is 0. The van der Waals surface area contributed by atoms with Gasteiger partial charge in [-0.25, -0.2) is 4.98 Å². The number of nitrogens with two attached hydrogens (primary N) is 1. The van der Waals surface area contributed by atoms with Gasteiger partial charge in [0, 0.05) is 18.0 Å². The summed E-state index contributed by atoms with van der Waals surface area (Å²) < 4.78 is 5.20. The van der Waals surface area contributed by atoms with Gasteiger partial charge in [0.1, 0.15) is 5.76 Å². The second-order valence-corrected chi connectivity index (χ2v) is 3.73. The van der Waals surface area contributed by atoms with Crippen LogP contribution >= 0.6 is 11.3 Å². The Morgan fingerprint density at radius 1 is 1.62 bits per heavy atom. The van der Waals surface area contributed by atoms with Crippen molar-refractivity contribution >= 4 is 11.3 Å². The lowest BCUT2D eigenvalue weighted by atomic mass is 10.2. The molecule has 68 valence electrons. The van der Waals surface area contributed by atoms with E-state index in [1.54, 1.807) is 23.8 Å². The first kappa shape index (κ1) is 8.47. The number of aromatic nitrogens is 1. The summed E-state index contributed by atoms with van der Waals surface area (Å²) in [4.78, 5) is 4.16. The van der Waals surface area contributed by atoms with Gasteiger partial charge in [0.25, 0.3) is 0 Å². The Kier molecular flexibility index (Phi) is 2.42. The molecule has 0 aliphatic carbocycles. The van der Waals surface area contributed by atoms with Gasteiger partial charge in [0.05, 0.1) is 17.3 Å². The van der Waals surface area contributed by atoms with Crippen LogP contribution < -0.4 is 5.73 Å². The van der Waals surface area contributed by atoms with Crippen molar-refractivity contribution in [1.82, 2.24) is 4.98 Å². The van der Waals surface area contributed by atoms with E-state index in [4.69, 9.17) is 10.2 Å². The van der Waals surface area contributed by atoms with Crippen LogP contribution in [0.1, 0.15) is 16.8 Å². The van der Waals surface area contributed by atoms with E-state index in [9.17, 15) is 0 Å². The van der Waals surface area contributed by atoms with Gasteiger partial charge >= 0.3 is 0 Å². The van der Waals surface area contributed by atoms with Crippen LogP contribution in [0.15, 0.2) is 34.4 Å². The molecule has 1 unspecified atom stereocenters. The Labute approximate surface area is 80.2 Å². The standard InChI is InChI=1S/C9H10N2OS/c10-7(8-2-1-4-12-8)6-9-11-3-5-13-9/h1-5,7H,6,10H2. The third-order valence-corrected chi connectivity index (χ3v) is 2.59. The second-order valence-electron chi connectivity index (χ2n) is 2.75. The molecule has 2 aromatic heterocycles. The minimum Gasteiger partial charge on any atom is -0.468 e. The molecule has 2 rings (SSSR count). The highest BCUT2D eigenvalue weighted by atomic mass is 32.1. The summed E-state index contributed by atoms with van der Waals surface area (Å²) >= 11 is 1.62. The molecule has 2 aromatic rings. The second kappa shape index (κ2) is 3.72. The highest BCUT2D eigenvalue weighted by Crippen LogP contribution is 2.17. The fourth-order valence-corrected chi connectivity index (χ4v) is 1.82. The van der Waals surface area contributed by atoms with E-state index in [1.807, 2.05) is 17.5 Å². The molecular formula is C9H10N2OS. The van der Waals surface area contributed by atoms with Crippen molar-refractivity contribution in [3.05, 3.63) is 40.7 Å². The van der Waals surface area contributed by atoms with Crippen molar-refractivity contribution in [3.8, 4) is 0 Å². The predicted molar refractivity (Wildman–Crippen MR) is 51.5 cm³/mol. The Hall–Kier alpha value is -1.13. The normalized spacial score (nSPS) is 13.0. The van der Waals surface area contributed by atoms with Crippen LogP contribution in [0.5, 0.6) is 0 Å². The van der Waals surface area contributed by atoms with Gasteiger partial charge in [-0.15, -0.1) is 11.3 Å². The molecule has 0 radical (unpaired) electrons. The lowest BCUT2D eigenvalue weighted by Gasteiger charge is -2.04.